The predicted molar refractivity (Wildman–Crippen MR) is 82.6 cm³/mol. The third-order valence-corrected chi connectivity index (χ3v) is 3.58. The summed E-state index contributed by atoms with van der Waals surface area (Å²) in [6.45, 7) is 2.11. The van der Waals surface area contributed by atoms with E-state index in [4.69, 9.17) is 11.6 Å². The standard InChI is InChI=1S/C14H17ClN4O3/c1-14(20,11-7-17-18(2)8-11)9-16-6-10-5-12(15)3-4-13(10)19(21)22/h3-5,7-8,16,20H,6,9H2,1-2H3. The molecule has 2 N–H and O–H groups in total. The molecule has 1 aromatic carbocycles. The Morgan fingerprint density at radius 3 is 2.86 bits per heavy atom. The molecule has 0 saturated carbocycles. The lowest BCUT2D eigenvalue weighted by molar-refractivity contribution is -0.385. The maximum atomic E-state index is 11.0. The van der Waals surface area contributed by atoms with E-state index in [1.807, 2.05) is 0 Å². The summed E-state index contributed by atoms with van der Waals surface area (Å²) < 4.78 is 1.60. The Kier molecular flexibility index (Phi) is 4.80. The van der Waals surface area contributed by atoms with Crippen LogP contribution in [0, 0.1) is 10.1 Å². The Bertz CT molecular complexity index is 684. The van der Waals surface area contributed by atoms with Crippen molar-refractivity contribution in [1.82, 2.24) is 15.1 Å². The summed E-state index contributed by atoms with van der Waals surface area (Å²) in [5.74, 6) is 0. The van der Waals surface area contributed by atoms with Gasteiger partial charge in [-0.3, -0.25) is 14.8 Å². The Morgan fingerprint density at radius 2 is 2.27 bits per heavy atom. The molecule has 0 radical (unpaired) electrons. The van der Waals surface area contributed by atoms with E-state index in [9.17, 15) is 15.2 Å². The number of nitro groups is 1. The number of hydrogen-bond donors (Lipinski definition) is 2. The van der Waals surface area contributed by atoms with Gasteiger partial charge in [-0.1, -0.05) is 11.6 Å². The molecule has 0 spiro atoms. The summed E-state index contributed by atoms with van der Waals surface area (Å²) in [5.41, 5.74) is 0.0160. The van der Waals surface area contributed by atoms with Gasteiger partial charge in [0.2, 0.25) is 0 Å². The Hall–Kier alpha value is -1.96. The lowest BCUT2D eigenvalue weighted by Crippen LogP contribution is -2.35. The molecule has 1 unspecified atom stereocenters. The number of aliphatic hydroxyl groups is 1. The number of nitrogens with zero attached hydrogens (tertiary/aromatic N) is 3. The molecule has 7 nitrogen and oxygen atoms in total. The number of hydrogen-bond acceptors (Lipinski definition) is 5. The fourth-order valence-corrected chi connectivity index (χ4v) is 2.31. The van der Waals surface area contributed by atoms with Crippen molar-refractivity contribution in [3.05, 3.63) is 56.9 Å². The molecule has 0 saturated heterocycles. The van der Waals surface area contributed by atoms with Crippen molar-refractivity contribution in [3.63, 3.8) is 0 Å². The maximum absolute atomic E-state index is 11.0. The molecule has 0 aliphatic carbocycles. The van der Waals surface area contributed by atoms with Gasteiger partial charge >= 0.3 is 0 Å². The van der Waals surface area contributed by atoms with Crippen LogP contribution < -0.4 is 5.32 Å². The quantitative estimate of drug-likeness (QED) is 0.626. The van der Waals surface area contributed by atoms with Gasteiger partial charge in [0, 0.05) is 48.5 Å². The molecular formula is C14H17ClN4O3. The predicted octanol–water partition coefficient (Wildman–Crippen LogP) is 1.98. The van der Waals surface area contributed by atoms with Gasteiger partial charge in [0.25, 0.3) is 5.69 Å². The van der Waals surface area contributed by atoms with E-state index in [0.29, 0.717) is 16.1 Å². The molecule has 0 amide bonds. The van der Waals surface area contributed by atoms with Gasteiger partial charge in [-0.2, -0.15) is 5.10 Å². The molecule has 118 valence electrons. The van der Waals surface area contributed by atoms with Gasteiger partial charge in [0.1, 0.15) is 5.60 Å². The molecule has 0 aliphatic rings. The van der Waals surface area contributed by atoms with Crippen LogP contribution in [0.4, 0.5) is 5.69 Å². The first-order valence-corrected chi connectivity index (χ1v) is 7.02. The highest BCUT2D eigenvalue weighted by Gasteiger charge is 2.24. The van der Waals surface area contributed by atoms with Crippen molar-refractivity contribution >= 4 is 17.3 Å². The Labute approximate surface area is 132 Å². The average molecular weight is 325 g/mol. The average Bonchev–Trinajstić information content (AvgIpc) is 2.86. The van der Waals surface area contributed by atoms with Crippen LogP contribution in [0.1, 0.15) is 18.1 Å². The molecule has 2 aromatic rings. The smallest absolute Gasteiger partial charge is 0.273 e. The zero-order valence-corrected chi connectivity index (χ0v) is 13.0. The highest BCUT2D eigenvalue weighted by Crippen LogP contribution is 2.23. The molecular weight excluding hydrogens is 308 g/mol. The van der Waals surface area contributed by atoms with E-state index in [0.717, 1.165) is 0 Å². The largest absolute Gasteiger partial charge is 0.384 e. The van der Waals surface area contributed by atoms with Gasteiger partial charge in [0.15, 0.2) is 0 Å². The van der Waals surface area contributed by atoms with E-state index in [-0.39, 0.29) is 18.8 Å². The van der Waals surface area contributed by atoms with Crippen molar-refractivity contribution in [2.45, 2.75) is 19.1 Å². The van der Waals surface area contributed by atoms with Crippen LogP contribution in [0.3, 0.4) is 0 Å². The molecule has 0 fully saturated rings. The maximum Gasteiger partial charge on any atom is 0.273 e. The van der Waals surface area contributed by atoms with E-state index in [1.165, 1.54) is 12.1 Å². The summed E-state index contributed by atoms with van der Waals surface area (Å²) in [5, 5.41) is 28.9. The molecule has 1 atom stereocenters. The number of nitro benzene ring substituents is 1. The molecule has 1 aromatic heterocycles. The zero-order chi connectivity index (χ0) is 16.3. The van der Waals surface area contributed by atoms with Crippen molar-refractivity contribution in [1.29, 1.82) is 0 Å². The van der Waals surface area contributed by atoms with Crippen LogP contribution in [0.2, 0.25) is 5.02 Å². The van der Waals surface area contributed by atoms with Crippen LogP contribution in [-0.2, 0) is 19.2 Å². The second-order valence-corrected chi connectivity index (χ2v) is 5.75. The summed E-state index contributed by atoms with van der Waals surface area (Å²) >= 11 is 5.88. The lowest BCUT2D eigenvalue weighted by atomic mass is 9.99. The highest BCUT2D eigenvalue weighted by atomic mass is 35.5. The summed E-state index contributed by atoms with van der Waals surface area (Å²) in [6, 6.07) is 4.40. The number of rotatable bonds is 6. The summed E-state index contributed by atoms with van der Waals surface area (Å²) in [6.07, 6.45) is 3.31. The van der Waals surface area contributed by atoms with Crippen LogP contribution >= 0.6 is 11.6 Å². The summed E-state index contributed by atoms with van der Waals surface area (Å²) in [4.78, 5) is 10.5. The van der Waals surface area contributed by atoms with Gasteiger partial charge in [-0.15, -0.1) is 0 Å². The SMILES string of the molecule is Cn1cc(C(C)(O)CNCc2cc(Cl)ccc2[N+](=O)[O-])cn1. The van der Waals surface area contributed by atoms with Gasteiger partial charge in [-0.25, -0.2) is 0 Å². The third-order valence-electron chi connectivity index (χ3n) is 3.35. The van der Waals surface area contributed by atoms with Crippen molar-refractivity contribution in [2.24, 2.45) is 7.05 Å². The zero-order valence-electron chi connectivity index (χ0n) is 12.3. The van der Waals surface area contributed by atoms with Gasteiger partial charge in [-0.05, 0) is 19.1 Å². The highest BCUT2D eigenvalue weighted by molar-refractivity contribution is 6.30. The van der Waals surface area contributed by atoms with Crippen molar-refractivity contribution in [3.8, 4) is 0 Å². The minimum Gasteiger partial charge on any atom is -0.384 e. The molecule has 22 heavy (non-hydrogen) atoms. The minimum absolute atomic E-state index is 0.00193. The van der Waals surface area contributed by atoms with E-state index < -0.39 is 10.5 Å². The molecule has 0 bridgehead atoms. The lowest BCUT2D eigenvalue weighted by Gasteiger charge is -2.22. The second-order valence-electron chi connectivity index (χ2n) is 5.31. The van der Waals surface area contributed by atoms with Crippen molar-refractivity contribution in [2.75, 3.05) is 6.54 Å². The number of benzene rings is 1. The van der Waals surface area contributed by atoms with Gasteiger partial charge < -0.3 is 10.4 Å². The molecule has 1 heterocycles. The number of aryl methyl sites for hydroxylation is 1. The number of nitrogens with one attached hydrogen (secondary N) is 1. The van der Waals surface area contributed by atoms with E-state index in [1.54, 1.807) is 37.1 Å². The fraction of sp³-hybridized carbons (Fsp3) is 0.357. The van der Waals surface area contributed by atoms with E-state index in [2.05, 4.69) is 10.4 Å². The van der Waals surface area contributed by atoms with Crippen LogP contribution in [0.15, 0.2) is 30.6 Å². The summed E-state index contributed by atoms with van der Waals surface area (Å²) in [7, 11) is 1.77. The second kappa shape index (κ2) is 6.43. The first kappa shape index (κ1) is 16.4. The van der Waals surface area contributed by atoms with Crippen LogP contribution in [0.25, 0.3) is 0 Å². The normalized spacial score (nSPS) is 13.8. The van der Waals surface area contributed by atoms with E-state index >= 15 is 0 Å². The molecule has 8 heteroatoms. The minimum atomic E-state index is -1.12. The number of halogens is 1. The molecule has 2 rings (SSSR count). The van der Waals surface area contributed by atoms with Crippen LogP contribution in [-0.4, -0.2) is 26.4 Å². The van der Waals surface area contributed by atoms with Crippen molar-refractivity contribution < 1.29 is 10.0 Å². The fourth-order valence-electron chi connectivity index (χ4n) is 2.12. The first-order valence-electron chi connectivity index (χ1n) is 6.64. The monoisotopic (exact) mass is 324 g/mol. The molecule has 0 aliphatic heterocycles. The Morgan fingerprint density at radius 1 is 1.55 bits per heavy atom. The topological polar surface area (TPSA) is 93.2 Å². The first-order chi connectivity index (χ1) is 10.3. The van der Waals surface area contributed by atoms with Gasteiger partial charge in [0.05, 0.1) is 11.1 Å². The third kappa shape index (κ3) is 3.82. The Balaban J connectivity index is 2.05. The number of aromatic nitrogens is 2. The van der Waals surface area contributed by atoms with Crippen LogP contribution in [0.5, 0.6) is 0 Å².